The lowest BCUT2D eigenvalue weighted by Gasteiger charge is -2.16. The number of benzene rings is 2. The molecule has 1 aromatic heterocycles. The zero-order valence-electron chi connectivity index (χ0n) is 17.6. The third-order valence-electron chi connectivity index (χ3n) is 4.36. The van der Waals surface area contributed by atoms with Crippen molar-refractivity contribution in [3.8, 4) is 0 Å². The number of hydrazone groups is 1. The number of carbonyl (C=O) groups is 2. The quantitative estimate of drug-likeness (QED) is 0.177. The molecule has 9 nitrogen and oxygen atoms in total. The Hall–Kier alpha value is -2.96. The molecule has 1 atom stereocenters. The minimum Gasteiger partial charge on any atom is -0.343 e. The zero-order valence-corrected chi connectivity index (χ0v) is 20.0. The third kappa shape index (κ3) is 7.55. The van der Waals surface area contributed by atoms with Gasteiger partial charge in [0.1, 0.15) is 6.04 Å². The van der Waals surface area contributed by atoms with Crippen LogP contribution < -0.4 is 10.7 Å². The van der Waals surface area contributed by atoms with Gasteiger partial charge in [0.2, 0.25) is 5.91 Å². The van der Waals surface area contributed by atoms with E-state index in [4.69, 9.17) is 0 Å². The molecule has 3 aromatic rings. The molecule has 0 fully saturated rings. The van der Waals surface area contributed by atoms with Crippen molar-refractivity contribution in [2.45, 2.75) is 16.8 Å². The summed E-state index contributed by atoms with van der Waals surface area (Å²) in [5.74, 6) is 0.144. The van der Waals surface area contributed by atoms with Gasteiger partial charge in [-0.25, -0.2) is 10.4 Å². The number of aromatic nitrogens is 1. The van der Waals surface area contributed by atoms with Crippen LogP contribution in [0.4, 0.5) is 5.69 Å². The van der Waals surface area contributed by atoms with Crippen molar-refractivity contribution in [1.29, 1.82) is 0 Å². The summed E-state index contributed by atoms with van der Waals surface area (Å²) in [6.45, 7) is 0. The van der Waals surface area contributed by atoms with Gasteiger partial charge in [-0.05, 0) is 48.3 Å². The van der Waals surface area contributed by atoms with Crippen molar-refractivity contribution in [2.24, 2.45) is 5.10 Å². The van der Waals surface area contributed by atoms with Crippen molar-refractivity contribution in [3.05, 3.63) is 64.2 Å². The van der Waals surface area contributed by atoms with Gasteiger partial charge >= 0.3 is 0 Å². The van der Waals surface area contributed by atoms with Crippen molar-refractivity contribution in [1.82, 2.24) is 15.7 Å². The van der Waals surface area contributed by atoms with Crippen LogP contribution in [0.1, 0.15) is 12.0 Å². The van der Waals surface area contributed by atoms with E-state index >= 15 is 0 Å². The Balaban J connectivity index is 1.53. The van der Waals surface area contributed by atoms with Crippen molar-refractivity contribution in [2.75, 3.05) is 17.8 Å². The molecule has 172 valence electrons. The minimum atomic E-state index is -0.727. The molecule has 0 spiro atoms. The molecule has 1 heterocycles. The lowest BCUT2D eigenvalue weighted by Crippen LogP contribution is -2.46. The maximum atomic E-state index is 12.6. The maximum Gasteiger partial charge on any atom is 0.269 e. The predicted molar refractivity (Wildman–Crippen MR) is 134 cm³/mol. The van der Waals surface area contributed by atoms with E-state index in [2.05, 4.69) is 20.8 Å². The highest BCUT2D eigenvalue weighted by Gasteiger charge is 2.20. The Bertz CT molecular complexity index is 1120. The minimum absolute atomic E-state index is 0.0280. The van der Waals surface area contributed by atoms with E-state index in [9.17, 15) is 19.7 Å². The highest BCUT2D eigenvalue weighted by Crippen LogP contribution is 2.29. The lowest BCUT2D eigenvalue weighted by molar-refractivity contribution is -0.384. The molecule has 0 saturated heterocycles. The Labute approximate surface area is 202 Å². The van der Waals surface area contributed by atoms with Gasteiger partial charge in [-0.2, -0.15) is 16.9 Å². The average Bonchev–Trinajstić information content (AvgIpc) is 3.23. The van der Waals surface area contributed by atoms with Gasteiger partial charge in [0.15, 0.2) is 4.34 Å². The molecule has 3 rings (SSSR count). The summed E-state index contributed by atoms with van der Waals surface area (Å²) in [5, 5.41) is 17.4. The first-order valence-corrected chi connectivity index (χ1v) is 13.0. The largest absolute Gasteiger partial charge is 0.343 e. The number of carbonyl (C=O) groups excluding carboxylic acids is 2. The van der Waals surface area contributed by atoms with Gasteiger partial charge in [0, 0.05) is 12.1 Å². The number of fused-ring (bicyclic) bond motifs is 1. The summed E-state index contributed by atoms with van der Waals surface area (Å²) in [6.07, 6.45) is 3.77. The third-order valence-corrected chi connectivity index (χ3v) is 7.18. The molecule has 33 heavy (non-hydrogen) atoms. The standard InChI is InChI=1S/C21H21N5O4S3/c1-31-11-10-17(20(28)25-22-12-14-6-8-15(9-7-14)26(29)30)23-19(27)13-32-21-24-16-4-2-3-5-18(16)33-21/h2-9,12,17H,10-11,13H2,1H3,(H,23,27)(H,25,28)/b22-12+. The summed E-state index contributed by atoms with van der Waals surface area (Å²) in [7, 11) is 0. The Kier molecular flexibility index (Phi) is 9.22. The Morgan fingerprint density at radius 3 is 2.70 bits per heavy atom. The van der Waals surface area contributed by atoms with E-state index in [0.717, 1.165) is 14.6 Å². The van der Waals surface area contributed by atoms with Gasteiger partial charge in [0.05, 0.1) is 27.1 Å². The maximum absolute atomic E-state index is 12.6. The first kappa shape index (κ1) is 24.7. The molecule has 2 N–H and O–H groups in total. The van der Waals surface area contributed by atoms with Crippen LogP contribution in [-0.4, -0.2) is 51.7 Å². The van der Waals surface area contributed by atoms with E-state index in [1.165, 1.54) is 53.6 Å². The molecule has 0 radical (unpaired) electrons. The summed E-state index contributed by atoms with van der Waals surface area (Å²) in [6, 6.07) is 12.8. The van der Waals surface area contributed by atoms with E-state index in [1.54, 1.807) is 11.8 Å². The van der Waals surface area contributed by atoms with Crippen LogP contribution in [0.2, 0.25) is 0 Å². The van der Waals surface area contributed by atoms with Crippen LogP contribution in [0.5, 0.6) is 0 Å². The fraction of sp³-hybridized carbons (Fsp3) is 0.238. The summed E-state index contributed by atoms with van der Waals surface area (Å²) >= 11 is 4.43. The number of nitrogens with one attached hydrogen (secondary N) is 2. The van der Waals surface area contributed by atoms with Gasteiger partial charge in [-0.3, -0.25) is 19.7 Å². The second-order valence-electron chi connectivity index (χ2n) is 6.72. The molecule has 2 amide bonds. The van der Waals surface area contributed by atoms with Gasteiger partial charge in [-0.15, -0.1) is 11.3 Å². The molecule has 2 aromatic carbocycles. The number of thiazole rings is 1. The number of hydrogen-bond donors (Lipinski definition) is 2. The van der Waals surface area contributed by atoms with Crippen molar-refractivity contribution < 1.29 is 14.5 Å². The van der Waals surface area contributed by atoms with Crippen LogP contribution >= 0.6 is 34.9 Å². The molecular weight excluding hydrogens is 482 g/mol. The SMILES string of the molecule is CSCCC(NC(=O)CSc1nc2ccccc2s1)C(=O)N/N=C/c1ccc([N+](=O)[O-])cc1. The molecule has 1 unspecified atom stereocenters. The summed E-state index contributed by atoms with van der Waals surface area (Å²) < 4.78 is 1.85. The van der Waals surface area contributed by atoms with Crippen LogP contribution in [0.3, 0.4) is 0 Å². The molecule has 0 saturated carbocycles. The molecular formula is C21H21N5O4S3. The first-order valence-electron chi connectivity index (χ1n) is 9.80. The first-order chi connectivity index (χ1) is 16.0. The van der Waals surface area contributed by atoms with E-state index in [-0.39, 0.29) is 17.3 Å². The van der Waals surface area contributed by atoms with E-state index < -0.39 is 16.9 Å². The fourth-order valence-electron chi connectivity index (χ4n) is 2.71. The topological polar surface area (TPSA) is 127 Å². The molecule has 0 aliphatic rings. The number of amides is 2. The van der Waals surface area contributed by atoms with Crippen molar-refractivity contribution >= 4 is 68.8 Å². The second kappa shape index (κ2) is 12.3. The number of nitro groups is 1. The molecule has 12 heteroatoms. The number of hydrogen-bond acceptors (Lipinski definition) is 9. The Morgan fingerprint density at radius 2 is 2.00 bits per heavy atom. The smallest absolute Gasteiger partial charge is 0.269 e. The highest BCUT2D eigenvalue weighted by molar-refractivity contribution is 8.01. The zero-order chi connectivity index (χ0) is 23.6. The van der Waals surface area contributed by atoms with Crippen LogP contribution in [0.25, 0.3) is 10.2 Å². The number of nitrogens with zero attached hydrogens (tertiary/aromatic N) is 3. The van der Waals surface area contributed by atoms with Gasteiger partial charge in [0.25, 0.3) is 11.6 Å². The number of para-hydroxylation sites is 1. The second-order valence-corrected chi connectivity index (χ2v) is 9.96. The molecule has 0 aliphatic heterocycles. The number of rotatable bonds is 11. The number of nitro benzene ring substituents is 1. The summed E-state index contributed by atoms with van der Waals surface area (Å²) in [4.78, 5) is 39.7. The van der Waals surface area contributed by atoms with Crippen LogP contribution in [0, 0.1) is 10.1 Å². The van der Waals surface area contributed by atoms with Crippen LogP contribution in [0.15, 0.2) is 58.0 Å². The normalized spacial score (nSPS) is 12.0. The van der Waals surface area contributed by atoms with E-state index in [0.29, 0.717) is 17.7 Å². The monoisotopic (exact) mass is 503 g/mol. The van der Waals surface area contributed by atoms with E-state index in [1.807, 2.05) is 30.5 Å². The van der Waals surface area contributed by atoms with Crippen LogP contribution in [-0.2, 0) is 9.59 Å². The van der Waals surface area contributed by atoms with Crippen molar-refractivity contribution in [3.63, 3.8) is 0 Å². The fourth-order valence-corrected chi connectivity index (χ4v) is 5.06. The summed E-state index contributed by atoms with van der Waals surface area (Å²) in [5.41, 5.74) is 3.89. The Morgan fingerprint density at radius 1 is 1.24 bits per heavy atom. The lowest BCUT2D eigenvalue weighted by atomic mass is 10.2. The van der Waals surface area contributed by atoms with Gasteiger partial charge < -0.3 is 5.32 Å². The average molecular weight is 504 g/mol. The van der Waals surface area contributed by atoms with Gasteiger partial charge in [-0.1, -0.05) is 23.9 Å². The number of thioether (sulfide) groups is 2. The predicted octanol–water partition coefficient (Wildman–Crippen LogP) is 3.68. The highest BCUT2D eigenvalue weighted by atomic mass is 32.2. The number of non-ortho nitro benzene ring substituents is 1. The molecule has 0 bridgehead atoms. The molecule has 0 aliphatic carbocycles.